The molecule has 0 unspecified atom stereocenters. The number of rotatable bonds is 6. The largest absolute Gasteiger partial charge is 0.392 e. The van der Waals surface area contributed by atoms with Gasteiger partial charge in [-0.2, -0.15) is 0 Å². The second-order valence-electron chi connectivity index (χ2n) is 4.50. The van der Waals surface area contributed by atoms with E-state index in [0.29, 0.717) is 5.56 Å². The van der Waals surface area contributed by atoms with Gasteiger partial charge < -0.3 is 5.11 Å². The van der Waals surface area contributed by atoms with Crippen LogP contribution in [0.5, 0.6) is 0 Å². The van der Waals surface area contributed by atoms with Gasteiger partial charge in [-0.15, -0.1) is 11.3 Å². The van der Waals surface area contributed by atoms with Gasteiger partial charge in [0.2, 0.25) is 10.0 Å². The van der Waals surface area contributed by atoms with Crippen LogP contribution in [0.15, 0.2) is 39.0 Å². The Kier molecular flexibility index (Phi) is 5.56. The summed E-state index contributed by atoms with van der Waals surface area (Å²) < 4.78 is 28.1. The van der Waals surface area contributed by atoms with Gasteiger partial charge in [0, 0.05) is 21.3 Å². The maximum absolute atomic E-state index is 12.3. The molecule has 7 heteroatoms. The molecule has 1 aromatic heterocycles. The van der Waals surface area contributed by atoms with E-state index in [1.54, 1.807) is 12.1 Å². The predicted molar refractivity (Wildman–Crippen MR) is 87.8 cm³/mol. The number of aryl methyl sites for hydroxylation is 1. The second kappa shape index (κ2) is 7.02. The van der Waals surface area contributed by atoms with E-state index in [9.17, 15) is 13.5 Å². The summed E-state index contributed by atoms with van der Waals surface area (Å²) in [6.45, 7) is 2.06. The van der Waals surface area contributed by atoms with Gasteiger partial charge in [-0.3, -0.25) is 0 Å². The van der Waals surface area contributed by atoms with Crippen LogP contribution < -0.4 is 4.72 Å². The van der Waals surface area contributed by atoms with Gasteiger partial charge in [0.05, 0.1) is 11.5 Å². The molecule has 0 amide bonds. The molecule has 0 radical (unpaired) electrons. The molecule has 0 fully saturated rings. The van der Waals surface area contributed by atoms with Crippen molar-refractivity contribution in [1.82, 2.24) is 4.72 Å². The van der Waals surface area contributed by atoms with Crippen molar-refractivity contribution in [2.24, 2.45) is 0 Å². The first-order valence-electron chi connectivity index (χ1n) is 6.41. The Morgan fingerprint density at radius 2 is 2.05 bits per heavy atom. The van der Waals surface area contributed by atoms with E-state index in [2.05, 4.69) is 20.7 Å². The standard InChI is InChI=1S/C14H16BrNO3S2/c1-2-10-3-4-14(5-11(10)8-17)21(18,19)16-7-13-6-12(15)9-20-13/h3-6,9,16-17H,2,7-8H2,1H3. The monoisotopic (exact) mass is 389 g/mol. The van der Waals surface area contributed by atoms with Crippen LogP contribution in [0.25, 0.3) is 0 Å². The second-order valence-corrected chi connectivity index (χ2v) is 8.18. The van der Waals surface area contributed by atoms with Crippen molar-refractivity contribution in [3.8, 4) is 0 Å². The van der Waals surface area contributed by atoms with E-state index in [-0.39, 0.29) is 18.0 Å². The van der Waals surface area contributed by atoms with E-state index in [1.807, 2.05) is 18.4 Å². The number of nitrogens with one attached hydrogen (secondary N) is 1. The van der Waals surface area contributed by atoms with E-state index in [0.717, 1.165) is 21.3 Å². The van der Waals surface area contributed by atoms with Crippen molar-refractivity contribution in [3.63, 3.8) is 0 Å². The molecule has 0 aliphatic carbocycles. The summed E-state index contributed by atoms with van der Waals surface area (Å²) >= 11 is 4.82. The van der Waals surface area contributed by atoms with Crippen molar-refractivity contribution < 1.29 is 13.5 Å². The van der Waals surface area contributed by atoms with Crippen LogP contribution in [0.1, 0.15) is 22.9 Å². The van der Waals surface area contributed by atoms with Crippen molar-refractivity contribution in [2.75, 3.05) is 0 Å². The fourth-order valence-corrected chi connectivity index (χ4v) is 4.50. The van der Waals surface area contributed by atoms with Gasteiger partial charge >= 0.3 is 0 Å². The van der Waals surface area contributed by atoms with Crippen LogP contribution in [0.4, 0.5) is 0 Å². The molecule has 0 atom stereocenters. The molecule has 0 spiro atoms. The lowest BCUT2D eigenvalue weighted by Crippen LogP contribution is -2.23. The summed E-state index contributed by atoms with van der Waals surface area (Å²) in [5, 5.41) is 11.2. The third-order valence-electron chi connectivity index (χ3n) is 3.10. The first kappa shape index (κ1) is 16.6. The summed E-state index contributed by atoms with van der Waals surface area (Å²) in [5.41, 5.74) is 1.61. The Balaban J connectivity index is 2.19. The molecule has 0 bridgehead atoms. The molecule has 0 saturated heterocycles. The van der Waals surface area contributed by atoms with Crippen molar-refractivity contribution in [1.29, 1.82) is 0 Å². The maximum atomic E-state index is 12.3. The summed E-state index contributed by atoms with van der Waals surface area (Å²) in [4.78, 5) is 1.11. The number of sulfonamides is 1. The topological polar surface area (TPSA) is 66.4 Å². The molecule has 4 nitrogen and oxygen atoms in total. The molecule has 0 aliphatic rings. The normalized spacial score (nSPS) is 11.8. The molecule has 1 heterocycles. The lowest BCUT2D eigenvalue weighted by atomic mass is 10.1. The van der Waals surface area contributed by atoms with Crippen LogP contribution in [0.3, 0.4) is 0 Å². The smallest absolute Gasteiger partial charge is 0.240 e. The van der Waals surface area contributed by atoms with Gasteiger partial charge in [-0.25, -0.2) is 13.1 Å². The zero-order valence-corrected chi connectivity index (χ0v) is 14.7. The summed E-state index contributed by atoms with van der Waals surface area (Å²) in [7, 11) is -3.58. The minimum Gasteiger partial charge on any atom is -0.392 e. The maximum Gasteiger partial charge on any atom is 0.240 e. The van der Waals surface area contributed by atoms with Crippen LogP contribution in [0, 0.1) is 0 Å². The van der Waals surface area contributed by atoms with E-state index in [4.69, 9.17) is 0 Å². The zero-order chi connectivity index (χ0) is 15.5. The number of thiophene rings is 1. The highest BCUT2D eigenvalue weighted by molar-refractivity contribution is 9.10. The SMILES string of the molecule is CCc1ccc(S(=O)(=O)NCc2cc(Br)cs2)cc1CO. The van der Waals surface area contributed by atoms with Crippen LogP contribution in [0.2, 0.25) is 0 Å². The lowest BCUT2D eigenvalue weighted by Gasteiger charge is -2.10. The molecule has 2 aromatic rings. The average Bonchev–Trinajstić information content (AvgIpc) is 2.90. The average molecular weight is 390 g/mol. The first-order valence-corrected chi connectivity index (χ1v) is 9.57. The highest BCUT2D eigenvalue weighted by atomic mass is 79.9. The zero-order valence-electron chi connectivity index (χ0n) is 11.5. The predicted octanol–water partition coefficient (Wildman–Crippen LogP) is 3.04. The fourth-order valence-electron chi connectivity index (χ4n) is 1.96. The van der Waals surface area contributed by atoms with Gasteiger partial charge in [0.25, 0.3) is 0 Å². The Morgan fingerprint density at radius 3 is 2.62 bits per heavy atom. The Hall–Kier alpha value is -0.730. The van der Waals surface area contributed by atoms with Crippen LogP contribution in [-0.2, 0) is 29.6 Å². The first-order chi connectivity index (χ1) is 9.96. The minimum absolute atomic E-state index is 0.162. The van der Waals surface area contributed by atoms with Crippen molar-refractivity contribution in [2.45, 2.75) is 31.4 Å². The molecule has 1 aromatic carbocycles. The van der Waals surface area contributed by atoms with E-state index >= 15 is 0 Å². The Morgan fingerprint density at radius 1 is 1.29 bits per heavy atom. The van der Waals surface area contributed by atoms with Gasteiger partial charge in [-0.05, 0) is 51.7 Å². The summed E-state index contributed by atoms with van der Waals surface area (Å²) in [6.07, 6.45) is 0.757. The highest BCUT2D eigenvalue weighted by Crippen LogP contribution is 2.21. The lowest BCUT2D eigenvalue weighted by molar-refractivity contribution is 0.280. The Labute approximate surface area is 137 Å². The van der Waals surface area contributed by atoms with Crippen LogP contribution >= 0.6 is 27.3 Å². The van der Waals surface area contributed by atoms with Crippen LogP contribution in [-0.4, -0.2) is 13.5 Å². The molecular formula is C14H16BrNO3S2. The molecular weight excluding hydrogens is 374 g/mol. The number of benzene rings is 1. The summed E-state index contributed by atoms with van der Waals surface area (Å²) in [6, 6.07) is 6.74. The quantitative estimate of drug-likeness (QED) is 0.797. The summed E-state index contributed by atoms with van der Waals surface area (Å²) in [5.74, 6) is 0. The number of hydrogen-bond acceptors (Lipinski definition) is 4. The molecule has 21 heavy (non-hydrogen) atoms. The fraction of sp³-hybridized carbons (Fsp3) is 0.286. The molecule has 2 N–H and O–H groups in total. The van der Waals surface area contributed by atoms with E-state index < -0.39 is 10.0 Å². The van der Waals surface area contributed by atoms with Gasteiger partial charge in [0.1, 0.15) is 0 Å². The highest BCUT2D eigenvalue weighted by Gasteiger charge is 2.15. The number of hydrogen-bond donors (Lipinski definition) is 2. The van der Waals surface area contributed by atoms with E-state index in [1.165, 1.54) is 17.4 Å². The minimum atomic E-state index is -3.58. The number of aliphatic hydroxyl groups excluding tert-OH is 1. The van der Waals surface area contributed by atoms with Crippen molar-refractivity contribution in [3.05, 3.63) is 50.1 Å². The number of aliphatic hydroxyl groups is 1. The third kappa shape index (κ3) is 4.14. The molecule has 0 saturated carbocycles. The molecule has 2 rings (SSSR count). The molecule has 0 aliphatic heterocycles. The van der Waals surface area contributed by atoms with Gasteiger partial charge in [-0.1, -0.05) is 13.0 Å². The van der Waals surface area contributed by atoms with Gasteiger partial charge in [0.15, 0.2) is 0 Å². The third-order valence-corrected chi connectivity index (χ3v) is 6.19. The van der Waals surface area contributed by atoms with Crippen molar-refractivity contribution >= 4 is 37.3 Å². The number of halogens is 1. The Bertz CT molecular complexity index is 726. The molecule has 114 valence electrons.